The molecule has 0 radical (unpaired) electrons. The smallest absolute Gasteiger partial charge is 0.357 e. The summed E-state index contributed by atoms with van der Waals surface area (Å²) in [5.41, 5.74) is -0.994. The molecule has 0 fully saturated rings. The lowest BCUT2D eigenvalue weighted by Gasteiger charge is -2.10. The number of pyridine rings is 1. The van der Waals surface area contributed by atoms with E-state index in [4.69, 9.17) is 0 Å². The Hall–Kier alpha value is -1.35. The fourth-order valence-corrected chi connectivity index (χ4v) is 2.56. The Kier molecular flexibility index (Phi) is 4.48. The summed E-state index contributed by atoms with van der Waals surface area (Å²) in [6.45, 7) is 0. The molecule has 0 saturated carbocycles. The predicted molar refractivity (Wildman–Crippen MR) is 72.6 cm³/mol. The molecule has 1 N–H and O–H groups in total. The van der Waals surface area contributed by atoms with Crippen molar-refractivity contribution < 1.29 is 13.2 Å². The lowest BCUT2D eigenvalue weighted by Crippen LogP contribution is -2.11. The fourth-order valence-electron chi connectivity index (χ4n) is 1.28. The first kappa shape index (κ1) is 15.0. The van der Waals surface area contributed by atoms with Crippen LogP contribution in [0.15, 0.2) is 38.9 Å². The monoisotopic (exact) mass is 364 g/mol. The van der Waals surface area contributed by atoms with Gasteiger partial charge in [-0.1, -0.05) is 0 Å². The summed E-state index contributed by atoms with van der Waals surface area (Å²) in [6.07, 6.45) is -2.97. The van der Waals surface area contributed by atoms with Crippen LogP contribution in [0.5, 0.6) is 0 Å². The highest BCUT2D eigenvalue weighted by molar-refractivity contribution is 9.10. The second-order valence-corrected chi connectivity index (χ2v) is 5.42. The molecule has 0 amide bonds. The van der Waals surface area contributed by atoms with Gasteiger partial charge in [0.1, 0.15) is 10.1 Å². The minimum atomic E-state index is -4.52. The van der Waals surface area contributed by atoms with Gasteiger partial charge in [0.2, 0.25) is 5.95 Å². The van der Waals surface area contributed by atoms with E-state index in [2.05, 4.69) is 36.2 Å². The molecule has 4 nitrogen and oxygen atoms in total. The first-order valence-electron chi connectivity index (χ1n) is 5.32. The second-order valence-electron chi connectivity index (χ2n) is 3.56. The summed E-state index contributed by atoms with van der Waals surface area (Å²) >= 11 is 4.31. The maximum Gasteiger partial charge on any atom is 0.433 e. The predicted octanol–water partition coefficient (Wildman–Crippen LogP) is 3.85. The molecule has 0 atom stereocenters. The van der Waals surface area contributed by atoms with Gasteiger partial charge < -0.3 is 5.32 Å². The largest absolute Gasteiger partial charge is 0.433 e. The molecule has 0 aliphatic carbocycles. The van der Waals surface area contributed by atoms with Gasteiger partial charge >= 0.3 is 6.18 Å². The van der Waals surface area contributed by atoms with Crippen LogP contribution >= 0.6 is 27.7 Å². The van der Waals surface area contributed by atoms with Crippen LogP contribution in [0.2, 0.25) is 0 Å². The van der Waals surface area contributed by atoms with Crippen LogP contribution < -0.4 is 5.32 Å². The lowest BCUT2D eigenvalue weighted by atomic mass is 10.4. The first-order chi connectivity index (χ1) is 9.40. The lowest BCUT2D eigenvalue weighted by molar-refractivity contribution is -0.141. The molecule has 0 bridgehead atoms. The average Bonchev–Trinajstić information content (AvgIpc) is 2.40. The van der Waals surface area contributed by atoms with Crippen molar-refractivity contribution in [2.45, 2.75) is 16.2 Å². The van der Waals surface area contributed by atoms with Crippen molar-refractivity contribution in [2.24, 2.45) is 0 Å². The first-order valence-corrected chi connectivity index (χ1v) is 6.93. The maximum absolute atomic E-state index is 12.8. The molecule has 106 valence electrons. The molecular formula is C11H8BrF3N4S. The molecule has 20 heavy (non-hydrogen) atoms. The number of nitrogens with one attached hydrogen (secondary N) is 1. The second kappa shape index (κ2) is 5.96. The Morgan fingerprint density at radius 2 is 2.05 bits per heavy atom. The molecule has 2 rings (SSSR count). The normalized spacial score (nSPS) is 11.4. The van der Waals surface area contributed by atoms with Crippen LogP contribution in [0.25, 0.3) is 0 Å². The number of alkyl halides is 3. The third-order valence-electron chi connectivity index (χ3n) is 2.14. The number of anilines is 1. The topological polar surface area (TPSA) is 50.7 Å². The molecule has 2 aromatic rings. The Labute approximate surface area is 125 Å². The van der Waals surface area contributed by atoms with Crippen LogP contribution in [0.4, 0.5) is 19.1 Å². The van der Waals surface area contributed by atoms with E-state index in [1.54, 1.807) is 18.3 Å². The number of nitrogens with zero attached hydrogens (tertiary/aromatic N) is 3. The van der Waals surface area contributed by atoms with E-state index in [0.717, 1.165) is 17.8 Å². The van der Waals surface area contributed by atoms with Gasteiger partial charge in [0.25, 0.3) is 0 Å². The van der Waals surface area contributed by atoms with Gasteiger partial charge in [0.15, 0.2) is 5.69 Å². The van der Waals surface area contributed by atoms with Crippen LogP contribution in [-0.2, 0) is 6.18 Å². The summed E-state index contributed by atoms with van der Waals surface area (Å²) in [5, 5.41) is 3.20. The van der Waals surface area contributed by atoms with Crippen molar-refractivity contribution in [3.63, 3.8) is 0 Å². The summed E-state index contributed by atoms with van der Waals surface area (Å²) in [6, 6.07) is 4.36. The SMILES string of the molecule is CNc1nc(Sc2ncccc2Br)cc(C(F)(F)F)n1. The zero-order valence-electron chi connectivity index (χ0n) is 10.1. The van der Waals surface area contributed by atoms with E-state index < -0.39 is 11.9 Å². The zero-order chi connectivity index (χ0) is 14.8. The molecule has 0 aromatic carbocycles. The van der Waals surface area contributed by atoms with Crippen LogP contribution in [-0.4, -0.2) is 22.0 Å². The molecule has 0 saturated heterocycles. The van der Waals surface area contributed by atoms with Crippen molar-refractivity contribution in [1.29, 1.82) is 0 Å². The van der Waals surface area contributed by atoms with E-state index >= 15 is 0 Å². The number of hydrogen-bond acceptors (Lipinski definition) is 5. The van der Waals surface area contributed by atoms with Gasteiger partial charge in [0, 0.05) is 19.3 Å². The van der Waals surface area contributed by atoms with Gasteiger partial charge in [-0.25, -0.2) is 15.0 Å². The highest BCUT2D eigenvalue weighted by atomic mass is 79.9. The number of rotatable bonds is 3. The zero-order valence-corrected chi connectivity index (χ0v) is 12.5. The van der Waals surface area contributed by atoms with Gasteiger partial charge in [-0.05, 0) is 39.8 Å². The minimum Gasteiger partial charge on any atom is -0.357 e. The molecule has 0 unspecified atom stereocenters. The number of halogens is 4. The van der Waals surface area contributed by atoms with E-state index in [9.17, 15) is 13.2 Å². The summed E-state index contributed by atoms with van der Waals surface area (Å²) < 4.78 is 38.9. The molecule has 0 aliphatic heterocycles. The van der Waals surface area contributed by atoms with Crippen molar-refractivity contribution >= 4 is 33.6 Å². The Balaban J connectivity index is 2.39. The van der Waals surface area contributed by atoms with Crippen LogP contribution in [0, 0.1) is 0 Å². The standard InChI is InChI=1S/C11H8BrF3N4S/c1-16-10-18-7(11(13,14)15)5-8(19-10)20-9-6(12)3-2-4-17-9/h2-5H,1H3,(H,16,18,19). The Bertz CT molecular complexity index is 621. The van der Waals surface area contributed by atoms with E-state index in [1.807, 2.05) is 0 Å². The Morgan fingerprint density at radius 1 is 1.30 bits per heavy atom. The molecule has 2 aromatic heterocycles. The number of aromatic nitrogens is 3. The van der Waals surface area contributed by atoms with Gasteiger partial charge in [-0.2, -0.15) is 13.2 Å². The fraction of sp³-hybridized carbons (Fsp3) is 0.182. The molecule has 0 spiro atoms. The van der Waals surface area contributed by atoms with Gasteiger partial charge in [-0.15, -0.1) is 0 Å². The highest BCUT2D eigenvalue weighted by Gasteiger charge is 2.33. The summed E-state index contributed by atoms with van der Waals surface area (Å²) in [5.74, 6) is -0.0885. The van der Waals surface area contributed by atoms with Gasteiger partial charge in [-0.3, -0.25) is 0 Å². The van der Waals surface area contributed by atoms with Crippen LogP contribution in [0.3, 0.4) is 0 Å². The van der Waals surface area contributed by atoms with E-state index in [0.29, 0.717) is 9.50 Å². The summed E-state index contributed by atoms with van der Waals surface area (Å²) in [4.78, 5) is 11.5. The third-order valence-corrected chi connectivity index (χ3v) is 3.98. The molecule has 9 heteroatoms. The van der Waals surface area contributed by atoms with Crippen molar-refractivity contribution in [1.82, 2.24) is 15.0 Å². The highest BCUT2D eigenvalue weighted by Crippen LogP contribution is 2.34. The maximum atomic E-state index is 12.8. The number of hydrogen-bond donors (Lipinski definition) is 1. The average molecular weight is 365 g/mol. The van der Waals surface area contributed by atoms with Crippen molar-refractivity contribution in [3.8, 4) is 0 Å². The van der Waals surface area contributed by atoms with Gasteiger partial charge in [0.05, 0.1) is 4.47 Å². The quantitative estimate of drug-likeness (QED) is 0.838. The minimum absolute atomic E-state index is 0.0885. The third kappa shape index (κ3) is 3.60. The van der Waals surface area contributed by atoms with Crippen molar-refractivity contribution in [2.75, 3.05) is 12.4 Å². The van der Waals surface area contributed by atoms with E-state index in [1.165, 1.54) is 7.05 Å². The van der Waals surface area contributed by atoms with Crippen LogP contribution in [0.1, 0.15) is 5.69 Å². The Morgan fingerprint density at radius 3 is 2.65 bits per heavy atom. The van der Waals surface area contributed by atoms with E-state index in [-0.39, 0.29) is 11.0 Å². The summed E-state index contributed by atoms with van der Waals surface area (Å²) in [7, 11) is 1.46. The van der Waals surface area contributed by atoms with Crippen molar-refractivity contribution in [3.05, 3.63) is 34.6 Å². The molecule has 2 heterocycles. The molecule has 0 aliphatic rings. The molecular weight excluding hydrogens is 357 g/mol.